The van der Waals surface area contributed by atoms with Crippen LogP contribution < -0.4 is 14.8 Å². The van der Waals surface area contributed by atoms with Crippen LogP contribution >= 0.6 is 24.0 Å². The summed E-state index contributed by atoms with van der Waals surface area (Å²) in [7, 11) is 6.89. The quantitative estimate of drug-likeness (QED) is 0.365. The molecule has 0 fully saturated rings. The maximum Gasteiger partial charge on any atom is 0.194 e. The molecule has 0 atom stereocenters. The fraction of sp³-hybridized carbons (Fsp3) is 0.409. The molecule has 0 bridgehead atoms. The zero-order valence-corrected chi connectivity index (χ0v) is 19.9. The van der Waals surface area contributed by atoms with E-state index in [0.29, 0.717) is 13.2 Å². The van der Waals surface area contributed by atoms with Crippen LogP contribution in [0, 0.1) is 0 Å². The molecule has 1 heterocycles. The first-order chi connectivity index (χ1) is 13.7. The van der Waals surface area contributed by atoms with Crippen molar-refractivity contribution in [1.29, 1.82) is 0 Å². The third kappa shape index (κ3) is 5.54. The number of nitrogens with zero attached hydrogens (tertiary/aromatic N) is 2. The number of hydrogen-bond acceptors (Lipinski definition) is 4. The highest BCUT2D eigenvalue weighted by atomic mass is 127. The third-order valence-electron chi connectivity index (χ3n) is 5.08. The number of methoxy groups -OCH3 is 3. The molecule has 0 saturated carbocycles. The lowest BCUT2D eigenvalue weighted by atomic mass is 9.99. The predicted octanol–water partition coefficient (Wildman–Crippen LogP) is 3.60. The van der Waals surface area contributed by atoms with Crippen LogP contribution in [-0.4, -0.2) is 45.8 Å². The topological polar surface area (TPSA) is 55.3 Å². The summed E-state index contributed by atoms with van der Waals surface area (Å²) in [6.07, 6.45) is 0.941. The fourth-order valence-electron chi connectivity index (χ4n) is 3.60. The van der Waals surface area contributed by atoms with E-state index in [2.05, 4.69) is 45.5 Å². The van der Waals surface area contributed by atoms with Gasteiger partial charge in [0.05, 0.1) is 20.8 Å². The summed E-state index contributed by atoms with van der Waals surface area (Å²) in [4.78, 5) is 6.77. The maximum atomic E-state index is 5.46. The summed E-state index contributed by atoms with van der Waals surface area (Å²) in [5, 5.41) is 3.50. The molecule has 7 heteroatoms. The van der Waals surface area contributed by atoms with Gasteiger partial charge in [0, 0.05) is 33.8 Å². The highest BCUT2D eigenvalue weighted by Crippen LogP contribution is 2.33. The SMILES string of the molecule is CN=C(NCc1ccccc1COC)N1CCc2cc(OC)c(OC)cc2C1.I. The van der Waals surface area contributed by atoms with E-state index < -0.39 is 0 Å². The lowest BCUT2D eigenvalue weighted by Crippen LogP contribution is -2.43. The molecule has 0 saturated heterocycles. The second kappa shape index (κ2) is 11.3. The van der Waals surface area contributed by atoms with E-state index in [9.17, 15) is 0 Å². The van der Waals surface area contributed by atoms with Crippen LogP contribution in [0.4, 0.5) is 0 Å². The molecule has 0 spiro atoms. The second-order valence-electron chi connectivity index (χ2n) is 6.75. The van der Waals surface area contributed by atoms with Gasteiger partial charge in [-0.15, -0.1) is 24.0 Å². The van der Waals surface area contributed by atoms with Gasteiger partial charge in [0.25, 0.3) is 0 Å². The Morgan fingerprint density at radius 2 is 1.69 bits per heavy atom. The molecule has 0 aromatic heterocycles. The van der Waals surface area contributed by atoms with Gasteiger partial charge in [0.15, 0.2) is 17.5 Å². The normalized spacial score (nSPS) is 13.4. The van der Waals surface area contributed by atoms with Crippen molar-refractivity contribution in [2.45, 2.75) is 26.1 Å². The standard InChI is InChI=1S/C22H29N3O3.HI/c1-23-22(24-13-17-7-5-6-8-18(17)15-26-2)25-10-9-16-11-20(27-3)21(28-4)12-19(16)14-25;/h5-8,11-12H,9-10,13-15H2,1-4H3,(H,23,24);1H. The average molecular weight is 511 g/mol. The molecular weight excluding hydrogens is 481 g/mol. The Kier molecular flexibility index (Phi) is 9.03. The van der Waals surface area contributed by atoms with Crippen molar-refractivity contribution < 1.29 is 14.2 Å². The van der Waals surface area contributed by atoms with Crippen molar-refractivity contribution in [3.8, 4) is 11.5 Å². The van der Waals surface area contributed by atoms with Gasteiger partial charge in [0.1, 0.15) is 0 Å². The molecule has 2 aromatic carbocycles. The minimum absolute atomic E-state index is 0. The number of guanidine groups is 1. The van der Waals surface area contributed by atoms with Crippen LogP contribution in [0.2, 0.25) is 0 Å². The number of halogens is 1. The van der Waals surface area contributed by atoms with Gasteiger partial charge in [0.2, 0.25) is 0 Å². The molecule has 158 valence electrons. The van der Waals surface area contributed by atoms with Gasteiger partial charge < -0.3 is 24.4 Å². The zero-order chi connectivity index (χ0) is 19.9. The molecule has 29 heavy (non-hydrogen) atoms. The van der Waals surface area contributed by atoms with Crippen LogP contribution in [0.3, 0.4) is 0 Å². The maximum absolute atomic E-state index is 5.46. The van der Waals surface area contributed by atoms with Crippen LogP contribution in [0.15, 0.2) is 41.4 Å². The summed E-state index contributed by atoms with van der Waals surface area (Å²) in [5.41, 5.74) is 4.95. The number of aliphatic imine (C=N–C) groups is 1. The molecule has 3 rings (SSSR count). The summed E-state index contributed by atoms with van der Waals surface area (Å²) in [6, 6.07) is 12.5. The van der Waals surface area contributed by atoms with E-state index in [0.717, 1.165) is 37.0 Å². The van der Waals surface area contributed by atoms with Crippen molar-refractivity contribution in [2.24, 2.45) is 4.99 Å². The molecular formula is C22H30IN3O3. The Morgan fingerprint density at radius 3 is 2.31 bits per heavy atom. The number of ether oxygens (including phenoxy) is 3. The summed E-state index contributed by atoms with van der Waals surface area (Å²) >= 11 is 0. The number of rotatable bonds is 6. The Bertz CT molecular complexity index is 842. The monoisotopic (exact) mass is 511 g/mol. The first kappa shape index (κ1) is 23.3. The Hall–Kier alpha value is -2.00. The van der Waals surface area contributed by atoms with Crippen LogP contribution in [0.1, 0.15) is 22.3 Å². The van der Waals surface area contributed by atoms with E-state index in [1.165, 1.54) is 22.3 Å². The van der Waals surface area contributed by atoms with Gasteiger partial charge in [-0.25, -0.2) is 0 Å². The van der Waals surface area contributed by atoms with Gasteiger partial charge in [-0.05, 0) is 40.8 Å². The first-order valence-electron chi connectivity index (χ1n) is 9.45. The third-order valence-corrected chi connectivity index (χ3v) is 5.08. The molecule has 2 aromatic rings. The fourth-order valence-corrected chi connectivity index (χ4v) is 3.60. The Morgan fingerprint density at radius 1 is 1.03 bits per heavy atom. The van der Waals surface area contributed by atoms with E-state index in [1.807, 2.05) is 13.1 Å². The number of fused-ring (bicyclic) bond motifs is 1. The minimum Gasteiger partial charge on any atom is -0.493 e. The van der Waals surface area contributed by atoms with Gasteiger partial charge in [-0.1, -0.05) is 24.3 Å². The largest absolute Gasteiger partial charge is 0.493 e. The lowest BCUT2D eigenvalue weighted by Gasteiger charge is -2.32. The van der Waals surface area contributed by atoms with E-state index in [1.54, 1.807) is 21.3 Å². The van der Waals surface area contributed by atoms with Crippen molar-refractivity contribution in [2.75, 3.05) is 34.9 Å². The van der Waals surface area contributed by atoms with Crippen molar-refractivity contribution >= 4 is 29.9 Å². The van der Waals surface area contributed by atoms with Crippen LogP contribution in [0.25, 0.3) is 0 Å². The van der Waals surface area contributed by atoms with E-state index >= 15 is 0 Å². The molecule has 0 amide bonds. The Labute approximate surface area is 190 Å². The van der Waals surface area contributed by atoms with Gasteiger partial charge in [-0.2, -0.15) is 0 Å². The van der Waals surface area contributed by atoms with Crippen LogP contribution in [0.5, 0.6) is 11.5 Å². The zero-order valence-electron chi connectivity index (χ0n) is 17.5. The molecule has 1 aliphatic heterocycles. The second-order valence-corrected chi connectivity index (χ2v) is 6.75. The molecule has 6 nitrogen and oxygen atoms in total. The minimum atomic E-state index is 0. The van der Waals surface area contributed by atoms with E-state index in [4.69, 9.17) is 14.2 Å². The highest BCUT2D eigenvalue weighted by Gasteiger charge is 2.21. The molecule has 0 radical (unpaired) electrons. The molecule has 1 aliphatic rings. The van der Waals surface area contributed by atoms with Crippen molar-refractivity contribution in [3.63, 3.8) is 0 Å². The van der Waals surface area contributed by atoms with E-state index in [-0.39, 0.29) is 24.0 Å². The first-order valence-corrected chi connectivity index (χ1v) is 9.45. The number of hydrogen-bond donors (Lipinski definition) is 1. The summed E-state index contributed by atoms with van der Waals surface area (Å²) in [5.74, 6) is 2.44. The molecule has 0 aliphatic carbocycles. The average Bonchev–Trinajstić information content (AvgIpc) is 2.74. The van der Waals surface area contributed by atoms with Crippen molar-refractivity contribution in [3.05, 3.63) is 58.7 Å². The smallest absolute Gasteiger partial charge is 0.194 e. The summed E-state index contributed by atoms with van der Waals surface area (Å²) in [6.45, 7) is 3.01. The van der Waals surface area contributed by atoms with Gasteiger partial charge in [-0.3, -0.25) is 4.99 Å². The predicted molar refractivity (Wildman–Crippen MR) is 126 cm³/mol. The molecule has 1 N–H and O–H groups in total. The highest BCUT2D eigenvalue weighted by molar-refractivity contribution is 14.0. The number of nitrogens with one attached hydrogen (secondary N) is 1. The lowest BCUT2D eigenvalue weighted by molar-refractivity contribution is 0.184. The Balaban J connectivity index is 0.00000300. The molecule has 0 unspecified atom stereocenters. The van der Waals surface area contributed by atoms with Gasteiger partial charge >= 0.3 is 0 Å². The van der Waals surface area contributed by atoms with Crippen molar-refractivity contribution in [1.82, 2.24) is 10.2 Å². The van der Waals surface area contributed by atoms with Crippen LogP contribution in [-0.2, 0) is 30.9 Å². The number of benzene rings is 2. The summed E-state index contributed by atoms with van der Waals surface area (Å²) < 4.78 is 16.2.